The van der Waals surface area contributed by atoms with Gasteiger partial charge in [-0.15, -0.1) is 0 Å². The average molecular weight is 301 g/mol. The van der Waals surface area contributed by atoms with Gasteiger partial charge in [0, 0.05) is 11.1 Å². The van der Waals surface area contributed by atoms with E-state index in [0.717, 1.165) is 11.5 Å². The molecule has 0 atom stereocenters. The van der Waals surface area contributed by atoms with Crippen LogP contribution in [-0.4, -0.2) is 14.8 Å². The van der Waals surface area contributed by atoms with Crippen molar-refractivity contribution in [2.45, 2.75) is 51.4 Å². The first kappa shape index (κ1) is 14.5. The second-order valence-electron chi connectivity index (χ2n) is 6.61. The summed E-state index contributed by atoms with van der Waals surface area (Å²) in [6.45, 7) is 4.60. The van der Waals surface area contributed by atoms with Crippen LogP contribution in [0.4, 0.5) is 0 Å². The lowest BCUT2D eigenvalue weighted by atomic mass is 9.77. The number of rotatable bonds is 4. The summed E-state index contributed by atoms with van der Waals surface area (Å²) < 4.78 is 2.84. The summed E-state index contributed by atoms with van der Waals surface area (Å²) >= 11 is 5.50. The van der Waals surface area contributed by atoms with E-state index in [-0.39, 0.29) is 5.41 Å². The number of H-pyrrole nitrogens is 1. The monoisotopic (exact) mass is 301 g/mol. The standard InChI is InChI=1S/C17H23N3S/c1-13(2)12-17(10-6-7-11-17)15-18-19-16(21)20(15)14-8-4-3-5-9-14/h3-5,8-9,13H,6-7,10-12H2,1-2H3,(H,19,21). The molecule has 0 aliphatic heterocycles. The molecule has 0 amide bonds. The largest absolute Gasteiger partial charge is 0.272 e. The number of aromatic nitrogens is 3. The predicted octanol–water partition coefficient (Wildman–Crippen LogP) is 4.79. The minimum absolute atomic E-state index is 0.178. The Hall–Kier alpha value is -1.42. The van der Waals surface area contributed by atoms with E-state index in [2.05, 4.69) is 52.9 Å². The van der Waals surface area contributed by atoms with Gasteiger partial charge in [0.15, 0.2) is 4.77 Å². The van der Waals surface area contributed by atoms with E-state index in [1.807, 2.05) is 6.07 Å². The van der Waals surface area contributed by atoms with Crippen LogP contribution in [-0.2, 0) is 5.41 Å². The van der Waals surface area contributed by atoms with Gasteiger partial charge in [0.1, 0.15) is 5.82 Å². The highest BCUT2D eigenvalue weighted by atomic mass is 32.1. The van der Waals surface area contributed by atoms with Crippen LogP contribution < -0.4 is 0 Å². The summed E-state index contributed by atoms with van der Waals surface area (Å²) in [7, 11) is 0. The second kappa shape index (κ2) is 5.76. The highest BCUT2D eigenvalue weighted by molar-refractivity contribution is 7.71. The molecule has 1 N–H and O–H groups in total. The quantitative estimate of drug-likeness (QED) is 0.824. The highest BCUT2D eigenvalue weighted by Crippen LogP contribution is 2.45. The Morgan fingerprint density at radius 3 is 2.52 bits per heavy atom. The first-order valence-corrected chi connectivity index (χ1v) is 8.26. The minimum atomic E-state index is 0.178. The van der Waals surface area contributed by atoms with Gasteiger partial charge in [0.25, 0.3) is 0 Å². The van der Waals surface area contributed by atoms with Gasteiger partial charge in [-0.3, -0.25) is 9.67 Å². The summed E-state index contributed by atoms with van der Waals surface area (Å²) in [5, 5.41) is 7.67. The minimum Gasteiger partial charge on any atom is -0.272 e. The van der Waals surface area contributed by atoms with Crippen LogP contribution in [0.5, 0.6) is 0 Å². The normalized spacial score (nSPS) is 17.5. The number of aromatic amines is 1. The maximum atomic E-state index is 5.50. The van der Waals surface area contributed by atoms with Crippen molar-refractivity contribution in [2.24, 2.45) is 5.92 Å². The Bertz CT molecular complexity index is 648. The van der Waals surface area contributed by atoms with Crippen LogP contribution in [0.3, 0.4) is 0 Å². The molecule has 1 aliphatic rings. The fourth-order valence-corrected chi connectivity index (χ4v) is 4.06. The SMILES string of the molecule is CC(C)CC1(c2n[nH]c(=S)n2-c2ccccc2)CCCC1. The summed E-state index contributed by atoms with van der Waals surface area (Å²) in [5.74, 6) is 1.79. The first-order valence-electron chi connectivity index (χ1n) is 7.86. The molecule has 2 aromatic rings. The van der Waals surface area contributed by atoms with E-state index in [9.17, 15) is 0 Å². The molecular formula is C17H23N3S. The Labute approximate surface area is 131 Å². The summed E-state index contributed by atoms with van der Waals surface area (Å²) in [6.07, 6.45) is 6.21. The Morgan fingerprint density at radius 1 is 1.24 bits per heavy atom. The lowest BCUT2D eigenvalue weighted by Gasteiger charge is -2.30. The smallest absolute Gasteiger partial charge is 0.199 e. The predicted molar refractivity (Wildman–Crippen MR) is 88.3 cm³/mol. The molecule has 1 aromatic carbocycles. The summed E-state index contributed by atoms with van der Waals surface area (Å²) in [4.78, 5) is 0. The van der Waals surface area contributed by atoms with Gasteiger partial charge in [-0.1, -0.05) is 44.9 Å². The zero-order valence-corrected chi connectivity index (χ0v) is 13.6. The van der Waals surface area contributed by atoms with Crippen LogP contribution in [0.15, 0.2) is 30.3 Å². The van der Waals surface area contributed by atoms with Gasteiger partial charge in [-0.05, 0) is 49.5 Å². The molecule has 1 aromatic heterocycles. The Kier molecular flexibility index (Phi) is 3.98. The van der Waals surface area contributed by atoms with Gasteiger partial charge in [-0.25, -0.2) is 0 Å². The van der Waals surface area contributed by atoms with Gasteiger partial charge in [0.05, 0.1) is 0 Å². The molecule has 0 bridgehead atoms. The third-order valence-corrected chi connectivity index (χ3v) is 4.79. The van der Waals surface area contributed by atoms with Crippen LogP contribution >= 0.6 is 12.2 Å². The van der Waals surface area contributed by atoms with E-state index in [1.165, 1.54) is 32.1 Å². The van der Waals surface area contributed by atoms with Crippen molar-refractivity contribution in [2.75, 3.05) is 0 Å². The Morgan fingerprint density at radius 2 is 1.90 bits per heavy atom. The second-order valence-corrected chi connectivity index (χ2v) is 7.00. The molecule has 0 unspecified atom stereocenters. The van der Waals surface area contributed by atoms with E-state index >= 15 is 0 Å². The van der Waals surface area contributed by atoms with Crippen molar-refractivity contribution < 1.29 is 0 Å². The van der Waals surface area contributed by atoms with Crippen LogP contribution in [0, 0.1) is 10.7 Å². The van der Waals surface area contributed by atoms with Crippen molar-refractivity contribution >= 4 is 12.2 Å². The molecular weight excluding hydrogens is 278 g/mol. The van der Waals surface area contributed by atoms with Gasteiger partial charge >= 0.3 is 0 Å². The molecule has 1 fully saturated rings. The lowest BCUT2D eigenvalue weighted by molar-refractivity contribution is 0.324. The van der Waals surface area contributed by atoms with Gasteiger partial charge in [0.2, 0.25) is 0 Å². The zero-order valence-electron chi connectivity index (χ0n) is 12.8. The summed E-state index contributed by atoms with van der Waals surface area (Å²) in [6, 6.07) is 10.3. The van der Waals surface area contributed by atoms with E-state index in [1.54, 1.807) is 0 Å². The van der Waals surface area contributed by atoms with E-state index in [4.69, 9.17) is 12.2 Å². The molecule has 1 heterocycles. The fraction of sp³-hybridized carbons (Fsp3) is 0.529. The number of hydrogen-bond acceptors (Lipinski definition) is 2. The van der Waals surface area contributed by atoms with Crippen molar-refractivity contribution in [3.05, 3.63) is 40.9 Å². The number of nitrogens with zero attached hydrogens (tertiary/aromatic N) is 2. The number of para-hydroxylation sites is 1. The van der Waals surface area contributed by atoms with Crippen molar-refractivity contribution in [3.8, 4) is 5.69 Å². The third-order valence-electron chi connectivity index (χ3n) is 4.52. The molecule has 3 nitrogen and oxygen atoms in total. The average Bonchev–Trinajstić information content (AvgIpc) is 3.07. The molecule has 21 heavy (non-hydrogen) atoms. The van der Waals surface area contributed by atoms with Gasteiger partial charge < -0.3 is 0 Å². The lowest BCUT2D eigenvalue weighted by Crippen LogP contribution is -2.28. The van der Waals surface area contributed by atoms with Crippen molar-refractivity contribution in [3.63, 3.8) is 0 Å². The molecule has 1 saturated carbocycles. The molecule has 0 saturated heterocycles. The van der Waals surface area contributed by atoms with Crippen LogP contribution in [0.2, 0.25) is 0 Å². The van der Waals surface area contributed by atoms with Crippen molar-refractivity contribution in [1.82, 2.24) is 14.8 Å². The number of nitrogens with one attached hydrogen (secondary N) is 1. The Balaban J connectivity index is 2.12. The molecule has 3 rings (SSSR count). The molecule has 0 radical (unpaired) electrons. The number of hydrogen-bond donors (Lipinski definition) is 1. The molecule has 0 spiro atoms. The molecule has 1 aliphatic carbocycles. The van der Waals surface area contributed by atoms with Crippen molar-refractivity contribution in [1.29, 1.82) is 0 Å². The first-order chi connectivity index (χ1) is 10.1. The van der Waals surface area contributed by atoms with Crippen LogP contribution in [0.25, 0.3) is 5.69 Å². The zero-order chi connectivity index (χ0) is 14.9. The maximum absolute atomic E-state index is 5.50. The van der Waals surface area contributed by atoms with Gasteiger partial charge in [-0.2, -0.15) is 5.10 Å². The maximum Gasteiger partial charge on any atom is 0.199 e. The number of benzene rings is 1. The fourth-order valence-electron chi connectivity index (χ4n) is 3.82. The highest BCUT2D eigenvalue weighted by Gasteiger charge is 2.40. The molecule has 4 heteroatoms. The topological polar surface area (TPSA) is 33.6 Å². The third kappa shape index (κ3) is 2.69. The van der Waals surface area contributed by atoms with Crippen LogP contribution in [0.1, 0.15) is 51.8 Å². The summed E-state index contributed by atoms with van der Waals surface area (Å²) in [5.41, 5.74) is 1.29. The van der Waals surface area contributed by atoms with E-state index in [0.29, 0.717) is 10.7 Å². The van der Waals surface area contributed by atoms with E-state index < -0.39 is 0 Å². The molecule has 112 valence electrons.